The molecule has 3 N–H and O–H groups in total. The number of halogens is 1. The summed E-state index contributed by atoms with van der Waals surface area (Å²) in [5.74, 6) is -1.11. The van der Waals surface area contributed by atoms with Crippen molar-refractivity contribution in [3.63, 3.8) is 0 Å². The van der Waals surface area contributed by atoms with E-state index in [1.807, 2.05) is 19.1 Å². The van der Waals surface area contributed by atoms with Crippen LogP contribution >= 0.6 is 15.9 Å². The standard InChI is InChI=1S/C13H15BrN2O4/c1-7-2-3-10(9(14)4-7)15-13(20)16-6-8(17)5-11(16)12(18)19/h2-4,8,11,17H,5-6H2,1H3,(H,15,20)(H,18,19). The fourth-order valence-corrected chi connectivity index (χ4v) is 2.77. The van der Waals surface area contributed by atoms with Gasteiger partial charge in [0.05, 0.1) is 11.8 Å². The molecular formula is C13H15BrN2O4. The van der Waals surface area contributed by atoms with E-state index in [4.69, 9.17) is 5.11 Å². The van der Waals surface area contributed by atoms with Crippen LogP contribution in [0.4, 0.5) is 10.5 Å². The third-order valence-electron chi connectivity index (χ3n) is 3.19. The number of anilines is 1. The Balaban J connectivity index is 2.13. The van der Waals surface area contributed by atoms with Gasteiger partial charge in [-0.3, -0.25) is 0 Å². The number of β-amino-alcohol motifs (C(OH)–C–C–N with tert-alkyl or cyclic N) is 1. The lowest BCUT2D eigenvalue weighted by Crippen LogP contribution is -2.43. The van der Waals surface area contributed by atoms with E-state index < -0.39 is 24.1 Å². The van der Waals surface area contributed by atoms with Crippen molar-refractivity contribution in [1.82, 2.24) is 4.90 Å². The number of hydrogen-bond donors (Lipinski definition) is 3. The molecule has 2 amide bonds. The number of nitrogens with one attached hydrogen (secondary N) is 1. The van der Waals surface area contributed by atoms with E-state index in [2.05, 4.69) is 21.2 Å². The van der Waals surface area contributed by atoms with Gasteiger partial charge < -0.3 is 20.4 Å². The van der Waals surface area contributed by atoms with Gasteiger partial charge in [-0.05, 0) is 40.5 Å². The normalized spacial score (nSPS) is 21.9. The van der Waals surface area contributed by atoms with Gasteiger partial charge in [0.2, 0.25) is 0 Å². The minimum atomic E-state index is -1.11. The first-order valence-electron chi connectivity index (χ1n) is 6.13. The maximum Gasteiger partial charge on any atom is 0.326 e. The van der Waals surface area contributed by atoms with E-state index in [9.17, 15) is 14.7 Å². The second kappa shape index (κ2) is 5.80. The van der Waals surface area contributed by atoms with Gasteiger partial charge in [-0.25, -0.2) is 9.59 Å². The van der Waals surface area contributed by atoms with Crippen molar-refractivity contribution < 1.29 is 19.8 Å². The minimum Gasteiger partial charge on any atom is -0.480 e. The van der Waals surface area contributed by atoms with E-state index in [1.54, 1.807) is 6.07 Å². The summed E-state index contributed by atoms with van der Waals surface area (Å²) >= 11 is 3.34. The first-order chi connectivity index (χ1) is 9.38. The third-order valence-corrected chi connectivity index (χ3v) is 3.85. The highest BCUT2D eigenvalue weighted by molar-refractivity contribution is 9.10. The molecule has 1 heterocycles. The van der Waals surface area contributed by atoms with E-state index in [-0.39, 0.29) is 13.0 Å². The average Bonchev–Trinajstić information content (AvgIpc) is 2.75. The smallest absolute Gasteiger partial charge is 0.326 e. The van der Waals surface area contributed by atoms with Gasteiger partial charge in [0.1, 0.15) is 6.04 Å². The summed E-state index contributed by atoms with van der Waals surface area (Å²) in [5.41, 5.74) is 1.60. The topological polar surface area (TPSA) is 89.9 Å². The molecule has 20 heavy (non-hydrogen) atoms. The fourth-order valence-electron chi connectivity index (χ4n) is 2.18. The Kier molecular flexibility index (Phi) is 4.29. The van der Waals surface area contributed by atoms with Crippen molar-refractivity contribution in [1.29, 1.82) is 0 Å². The van der Waals surface area contributed by atoms with Crippen molar-refractivity contribution in [2.75, 3.05) is 11.9 Å². The summed E-state index contributed by atoms with van der Waals surface area (Å²) in [4.78, 5) is 24.4. The van der Waals surface area contributed by atoms with Crippen molar-refractivity contribution in [2.24, 2.45) is 0 Å². The molecule has 108 valence electrons. The first kappa shape index (κ1) is 14.8. The molecule has 2 unspecified atom stereocenters. The predicted octanol–water partition coefficient (Wildman–Crippen LogP) is 1.81. The van der Waals surface area contributed by atoms with Gasteiger partial charge in [0, 0.05) is 17.4 Å². The summed E-state index contributed by atoms with van der Waals surface area (Å²) in [5, 5.41) is 21.2. The molecule has 2 rings (SSSR count). The van der Waals surface area contributed by atoms with Gasteiger partial charge in [-0.15, -0.1) is 0 Å². The third kappa shape index (κ3) is 3.10. The Hall–Kier alpha value is -1.60. The number of carboxylic acids is 1. The van der Waals surface area contributed by atoms with Crippen molar-refractivity contribution in [3.8, 4) is 0 Å². The molecule has 0 aromatic heterocycles. The molecule has 0 spiro atoms. The lowest BCUT2D eigenvalue weighted by molar-refractivity contribution is -0.141. The highest BCUT2D eigenvalue weighted by Gasteiger charge is 2.39. The number of aliphatic carboxylic acids is 1. The Morgan fingerprint density at radius 2 is 2.15 bits per heavy atom. The molecule has 1 saturated heterocycles. The summed E-state index contributed by atoms with van der Waals surface area (Å²) in [6.45, 7) is 1.94. The maximum atomic E-state index is 12.1. The van der Waals surface area contributed by atoms with Crippen LogP contribution in [0, 0.1) is 6.92 Å². The number of aliphatic hydroxyl groups is 1. The van der Waals surface area contributed by atoms with Crippen LogP contribution < -0.4 is 5.32 Å². The minimum absolute atomic E-state index is 0.0201. The highest BCUT2D eigenvalue weighted by atomic mass is 79.9. The van der Waals surface area contributed by atoms with Gasteiger partial charge in [0.15, 0.2) is 0 Å². The average molecular weight is 343 g/mol. The van der Waals surface area contributed by atoms with Gasteiger partial charge in [-0.1, -0.05) is 6.07 Å². The van der Waals surface area contributed by atoms with E-state index in [1.165, 1.54) is 0 Å². The maximum absolute atomic E-state index is 12.1. The lowest BCUT2D eigenvalue weighted by Gasteiger charge is -2.22. The van der Waals surface area contributed by atoms with E-state index in [0.717, 1.165) is 14.9 Å². The Bertz CT molecular complexity index is 549. The SMILES string of the molecule is Cc1ccc(NC(=O)N2CC(O)CC2C(=O)O)c(Br)c1. The quantitative estimate of drug-likeness (QED) is 0.764. The van der Waals surface area contributed by atoms with Crippen molar-refractivity contribution >= 4 is 33.6 Å². The van der Waals surface area contributed by atoms with Crippen molar-refractivity contribution in [3.05, 3.63) is 28.2 Å². The number of aryl methyl sites for hydroxylation is 1. The van der Waals surface area contributed by atoms with Crippen LogP contribution in [0.2, 0.25) is 0 Å². The fraction of sp³-hybridized carbons (Fsp3) is 0.385. The molecule has 1 aromatic rings. The zero-order valence-electron chi connectivity index (χ0n) is 10.8. The number of carbonyl (C=O) groups excluding carboxylic acids is 1. The largest absolute Gasteiger partial charge is 0.480 e. The number of aliphatic hydroxyl groups excluding tert-OH is 1. The van der Waals surface area contributed by atoms with E-state index >= 15 is 0 Å². The number of urea groups is 1. The predicted molar refractivity (Wildman–Crippen MR) is 76.7 cm³/mol. The summed E-state index contributed by atoms with van der Waals surface area (Å²) in [6.07, 6.45) is -0.749. The molecule has 0 saturated carbocycles. The van der Waals surface area contributed by atoms with Gasteiger partial charge in [0.25, 0.3) is 0 Å². The van der Waals surface area contributed by atoms with Gasteiger partial charge in [-0.2, -0.15) is 0 Å². The van der Waals surface area contributed by atoms with E-state index in [0.29, 0.717) is 5.69 Å². The van der Waals surface area contributed by atoms with Crippen LogP contribution in [0.3, 0.4) is 0 Å². The number of benzene rings is 1. The summed E-state index contributed by atoms with van der Waals surface area (Å²) in [6, 6.07) is 3.91. The summed E-state index contributed by atoms with van der Waals surface area (Å²) in [7, 11) is 0. The Labute approximate surface area is 124 Å². The molecule has 0 radical (unpaired) electrons. The highest BCUT2D eigenvalue weighted by Crippen LogP contribution is 2.25. The molecular weight excluding hydrogens is 328 g/mol. The molecule has 1 aromatic carbocycles. The number of amides is 2. The van der Waals surface area contributed by atoms with Crippen LogP contribution in [-0.2, 0) is 4.79 Å². The number of nitrogens with zero attached hydrogens (tertiary/aromatic N) is 1. The number of likely N-dealkylation sites (tertiary alicyclic amines) is 1. The molecule has 1 aliphatic rings. The van der Waals surface area contributed by atoms with Crippen LogP contribution in [0.15, 0.2) is 22.7 Å². The lowest BCUT2D eigenvalue weighted by atomic mass is 10.2. The number of rotatable bonds is 2. The number of carbonyl (C=O) groups is 2. The monoisotopic (exact) mass is 342 g/mol. The van der Waals surface area contributed by atoms with Crippen LogP contribution in [-0.4, -0.2) is 45.8 Å². The van der Waals surface area contributed by atoms with Gasteiger partial charge >= 0.3 is 12.0 Å². The molecule has 1 aliphatic heterocycles. The van der Waals surface area contributed by atoms with Crippen LogP contribution in [0.1, 0.15) is 12.0 Å². The van der Waals surface area contributed by atoms with Crippen LogP contribution in [0.25, 0.3) is 0 Å². The van der Waals surface area contributed by atoms with Crippen molar-refractivity contribution in [2.45, 2.75) is 25.5 Å². The second-order valence-electron chi connectivity index (χ2n) is 4.81. The zero-order chi connectivity index (χ0) is 14.9. The first-order valence-corrected chi connectivity index (χ1v) is 6.92. The summed E-state index contributed by atoms with van der Waals surface area (Å²) < 4.78 is 0.720. The zero-order valence-corrected chi connectivity index (χ0v) is 12.4. The Morgan fingerprint density at radius 1 is 1.45 bits per heavy atom. The number of hydrogen-bond acceptors (Lipinski definition) is 3. The second-order valence-corrected chi connectivity index (χ2v) is 5.66. The molecule has 0 aliphatic carbocycles. The molecule has 0 bridgehead atoms. The molecule has 1 fully saturated rings. The number of carboxylic acid groups (broad SMARTS) is 1. The Morgan fingerprint density at radius 3 is 2.75 bits per heavy atom. The molecule has 7 heteroatoms. The molecule has 6 nitrogen and oxygen atoms in total. The molecule has 2 atom stereocenters. The van der Waals surface area contributed by atoms with Crippen LogP contribution in [0.5, 0.6) is 0 Å².